The maximum atomic E-state index is 11.6. The van der Waals surface area contributed by atoms with Gasteiger partial charge in [-0.2, -0.15) is 0 Å². The van der Waals surface area contributed by atoms with Gasteiger partial charge in [0.1, 0.15) is 6.61 Å². The molecule has 0 aliphatic rings. The number of aromatic nitrogens is 1. The molecule has 0 bridgehead atoms. The van der Waals surface area contributed by atoms with Gasteiger partial charge in [-0.1, -0.05) is 12.1 Å². The predicted molar refractivity (Wildman–Crippen MR) is 96.5 cm³/mol. The Morgan fingerprint density at radius 1 is 1.20 bits per heavy atom. The molecule has 0 atom stereocenters. The molecule has 134 valence electrons. The third-order valence-electron chi connectivity index (χ3n) is 3.41. The predicted octanol–water partition coefficient (Wildman–Crippen LogP) is 2.28. The van der Waals surface area contributed by atoms with Gasteiger partial charge in [-0.3, -0.25) is 9.78 Å². The average molecular weight is 343 g/mol. The highest BCUT2D eigenvalue weighted by Gasteiger charge is 2.08. The largest absolute Gasteiger partial charge is 0.493 e. The smallest absolute Gasteiger partial charge is 0.234 e. The summed E-state index contributed by atoms with van der Waals surface area (Å²) >= 11 is 0. The van der Waals surface area contributed by atoms with Crippen molar-refractivity contribution in [2.24, 2.45) is 0 Å². The fourth-order valence-corrected chi connectivity index (χ4v) is 2.28. The number of carbonyl (C=O) groups is 1. The number of ether oxygens (including phenoxy) is 2. The summed E-state index contributed by atoms with van der Waals surface area (Å²) in [6.45, 7) is 5.13. The van der Waals surface area contributed by atoms with Crippen LogP contribution in [0.15, 0.2) is 42.7 Å². The molecule has 0 saturated heterocycles. The highest BCUT2D eigenvalue weighted by molar-refractivity contribution is 5.78. The van der Waals surface area contributed by atoms with Crippen LogP contribution in [0.5, 0.6) is 11.5 Å². The van der Waals surface area contributed by atoms with Crippen molar-refractivity contribution in [2.45, 2.75) is 33.0 Å². The number of rotatable bonds is 9. The lowest BCUT2D eigenvalue weighted by atomic mass is 10.2. The molecular weight excluding hydrogens is 318 g/mol. The van der Waals surface area contributed by atoms with Crippen LogP contribution < -0.4 is 20.1 Å². The summed E-state index contributed by atoms with van der Waals surface area (Å²) in [5.41, 5.74) is 2.00. The maximum absolute atomic E-state index is 11.6. The van der Waals surface area contributed by atoms with Gasteiger partial charge in [0.25, 0.3) is 0 Å². The van der Waals surface area contributed by atoms with Crippen molar-refractivity contribution in [2.75, 3.05) is 13.7 Å². The van der Waals surface area contributed by atoms with Crippen molar-refractivity contribution in [3.05, 3.63) is 53.9 Å². The second kappa shape index (κ2) is 9.64. The van der Waals surface area contributed by atoms with Crippen molar-refractivity contribution in [1.29, 1.82) is 0 Å². The number of hydrogen-bond acceptors (Lipinski definition) is 5. The van der Waals surface area contributed by atoms with E-state index in [9.17, 15) is 4.79 Å². The summed E-state index contributed by atoms with van der Waals surface area (Å²) in [4.78, 5) is 15.7. The monoisotopic (exact) mass is 343 g/mol. The zero-order chi connectivity index (χ0) is 18.1. The van der Waals surface area contributed by atoms with Crippen LogP contribution in [0.2, 0.25) is 0 Å². The Morgan fingerprint density at radius 2 is 2.04 bits per heavy atom. The Hall–Kier alpha value is -2.60. The number of nitrogens with one attached hydrogen (secondary N) is 2. The molecule has 2 N–H and O–H groups in total. The Morgan fingerprint density at radius 3 is 2.72 bits per heavy atom. The van der Waals surface area contributed by atoms with Crippen LogP contribution in [-0.4, -0.2) is 30.6 Å². The number of pyridine rings is 1. The fraction of sp³-hybridized carbons (Fsp3) is 0.368. The third-order valence-corrected chi connectivity index (χ3v) is 3.41. The molecule has 1 aromatic carbocycles. The number of nitrogens with zero attached hydrogens (tertiary/aromatic N) is 1. The molecule has 25 heavy (non-hydrogen) atoms. The average Bonchev–Trinajstić information content (AvgIpc) is 2.60. The lowest BCUT2D eigenvalue weighted by molar-refractivity contribution is -0.120. The SMILES string of the molecule is COc1ccc(CNCC(=O)NC(C)C)cc1OCc1cccnc1. The normalized spacial score (nSPS) is 10.6. The van der Waals surface area contributed by atoms with Crippen LogP contribution in [-0.2, 0) is 17.9 Å². The molecule has 2 aromatic rings. The van der Waals surface area contributed by atoms with Gasteiger partial charge in [-0.05, 0) is 37.6 Å². The van der Waals surface area contributed by atoms with Crippen LogP contribution >= 0.6 is 0 Å². The van der Waals surface area contributed by atoms with E-state index in [1.807, 2.05) is 44.2 Å². The van der Waals surface area contributed by atoms with Crippen LogP contribution in [0.1, 0.15) is 25.0 Å². The van der Waals surface area contributed by atoms with E-state index < -0.39 is 0 Å². The van der Waals surface area contributed by atoms with E-state index in [0.29, 0.717) is 24.7 Å². The minimum Gasteiger partial charge on any atom is -0.493 e. The van der Waals surface area contributed by atoms with E-state index in [2.05, 4.69) is 15.6 Å². The summed E-state index contributed by atoms with van der Waals surface area (Å²) in [6.07, 6.45) is 3.50. The topological polar surface area (TPSA) is 72.5 Å². The molecule has 1 aromatic heterocycles. The molecule has 6 nitrogen and oxygen atoms in total. The zero-order valence-corrected chi connectivity index (χ0v) is 14.9. The first-order valence-corrected chi connectivity index (χ1v) is 8.27. The second-order valence-corrected chi connectivity index (χ2v) is 5.96. The first-order valence-electron chi connectivity index (χ1n) is 8.27. The quantitative estimate of drug-likeness (QED) is 0.731. The summed E-state index contributed by atoms with van der Waals surface area (Å²) in [5, 5.41) is 5.97. The first kappa shape index (κ1) is 18.7. The summed E-state index contributed by atoms with van der Waals surface area (Å²) in [6, 6.07) is 9.70. The van der Waals surface area contributed by atoms with Crippen LogP contribution in [0, 0.1) is 0 Å². The molecule has 1 amide bonds. The lowest BCUT2D eigenvalue weighted by Crippen LogP contribution is -2.37. The molecule has 0 saturated carbocycles. The fourth-order valence-electron chi connectivity index (χ4n) is 2.28. The van der Waals surface area contributed by atoms with Gasteiger partial charge in [0, 0.05) is 30.5 Å². The highest BCUT2D eigenvalue weighted by atomic mass is 16.5. The number of benzene rings is 1. The molecule has 1 heterocycles. The van der Waals surface area contributed by atoms with Crippen LogP contribution in [0.4, 0.5) is 0 Å². The highest BCUT2D eigenvalue weighted by Crippen LogP contribution is 2.28. The van der Waals surface area contributed by atoms with Crippen molar-refractivity contribution in [3.8, 4) is 11.5 Å². The molecule has 0 unspecified atom stereocenters. The van der Waals surface area contributed by atoms with E-state index in [4.69, 9.17) is 9.47 Å². The third kappa shape index (κ3) is 6.43. The van der Waals surface area contributed by atoms with Gasteiger partial charge in [-0.25, -0.2) is 0 Å². The molecule has 6 heteroatoms. The molecule has 0 spiro atoms. The van der Waals surface area contributed by atoms with E-state index in [-0.39, 0.29) is 18.5 Å². The van der Waals surface area contributed by atoms with Gasteiger partial charge < -0.3 is 20.1 Å². The van der Waals surface area contributed by atoms with Crippen molar-refractivity contribution in [1.82, 2.24) is 15.6 Å². The molecule has 0 fully saturated rings. The summed E-state index contributed by atoms with van der Waals surface area (Å²) < 4.78 is 11.2. The van der Waals surface area contributed by atoms with Crippen LogP contribution in [0.25, 0.3) is 0 Å². The zero-order valence-electron chi connectivity index (χ0n) is 14.9. The standard InChI is InChI=1S/C19H25N3O3/c1-14(2)22-19(23)12-21-10-15-6-7-17(24-3)18(9-15)25-13-16-5-4-8-20-11-16/h4-9,11,14,21H,10,12-13H2,1-3H3,(H,22,23). The van der Waals surface area contributed by atoms with Crippen molar-refractivity contribution >= 4 is 5.91 Å². The Labute approximate surface area is 148 Å². The van der Waals surface area contributed by atoms with E-state index in [1.165, 1.54) is 0 Å². The molecule has 0 aliphatic heterocycles. The Bertz CT molecular complexity index is 675. The summed E-state index contributed by atoms with van der Waals surface area (Å²) in [5.74, 6) is 1.32. The van der Waals surface area contributed by atoms with Gasteiger partial charge in [-0.15, -0.1) is 0 Å². The van der Waals surface area contributed by atoms with Crippen LogP contribution in [0.3, 0.4) is 0 Å². The lowest BCUT2D eigenvalue weighted by Gasteiger charge is -2.13. The number of methoxy groups -OCH3 is 1. The molecular formula is C19H25N3O3. The van der Waals surface area contributed by atoms with Gasteiger partial charge in [0.15, 0.2) is 11.5 Å². The number of carbonyl (C=O) groups excluding carboxylic acids is 1. The second-order valence-electron chi connectivity index (χ2n) is 5.96. The Kier molecular flexibility index (Phi) is 7.22. The minimum absolute atomic E-state index is 0.0171. The minimum atomic E-state index is -0.0171. The van der Waals surface area contributed by atoms with Crippen molar-refractivity contribution < 1.29 is 14.3 Å². The van der Waals surface area contributed by atoms with E-state index >= 15 is 0 Å². The number of amides is 1. The molecule has 2 rings (SSSR count). The van der Waals surface area contributed by atoms with E-state index in [0.717, 1.165) is 11.1 Å². The van der Waals surface area contributed by atoms with Gasteiger partial charge in [0.2, 0.25) is 5.91 Å². The van der Waals surface area contributed by atoms with Gasteiger partial charge in [0.05, 0.1) is 13.7 Å². The number of hydrogen-bond donors (Lipinski definition) is 2. The van der Waals surface area contributed by atoms with Gasteiger partial charge >= 0.3 is 0 Å². The summed E-state index contributed by atoms with van der Waals surface area (Å²) in [7, 11) is 1.61. The molecule has 0 aliphatic carbocycles. The Balaban J connectivity index is 1.93. The van der Waals surface area contributed by atoms with Crippen molar-refractivity contribution in [3.63, 3.8) is 0 Å². The maximum Gasteiger partial charge on any atom is 0.234 e. The molecule has 0 radical (unpaired) electrons. The first-order chi connectivity index (χ1) is 12.1. The van der Waals surface area contributed by atoms with E-state index in [1.54, 1.807) is 19.5 Å².